The molecule has 0 spiro atoms. The van der Waals surface area contributed by atoms with E-state index in [0.717, 1.165) is 6.26 Å². The predicted octanol–water partition coefficient (Wildman–Crippen LogP) is 2.73. The van der Waals surface area contributed by atoms with E-state index in [9.17, 15) is 18.0 Å². The van der Waals surface area contributed by atoms with Crippen molar-refractivity contribution in [1.29, 1.82) is 0 Å². The molecule has 1 aliphatic rings. The second-order valence-electron chi connectivity index (χ2n) is 5.80. The van der Waals surface area contributed by atoms with E-state index >= 15 is 0 Å². The Balaban J connectivity index is 2.10. The Bertz CT molecular complexity index is 971. The molecule has 0 saturated carbocycles. The summed E-state index contributed by atoms with van der Waals surface area (Å²) in [6.07, 6.45) is 1.08. The van der Waals surface area contributed by atoms with Crippen LogP contribution in [0.1, 0.15) is 17.3 Å². The number of carbonyl (C=O) groups is 2. The summed E-state index contributed by atoms with van der Waals surface area (Å²) in [4.78, 5) is 26.6. The maximum atomic E-state index is 12.9. The monoisotopic (exact) mass is 378 g/mol. The van der Waals surface area contributed by atoms with Crippen molar-refractivity contribution in [2.45, 2.75) is 17.9 Å². The highest BCUT2D eigenvalue weighted by atomic mass is 35.5. The lowest BCUT2D eigenvalue weighted by atomic mass is 10.1. The van der Waals surface area contributed by atoms with E-state index in [2.05, 4.69) is 5.32 Å². The molecule has 0 saturated heterocycles. The number of amides is 2. The fourth-order valence-corrected chi connectivity index (χ4v) is 3.41. The van der Waals surface area contributed by atoms with E-state index in [-0.39, 0.29) is 22.4 Å². The first kappa shape index (κ1) is 17.4. The van der Waals surface area contributed by atoms with Crippen LogP contribution < -0.4 is 10.2 Å². The zero-order valence-electron chi connectivity index (χ0n) is 13.5. The van der Waals surface area contributed by atoms with Crippen LogP contribution in [0.2, 0.25) is 5.02 Å². The standard InChI is InChI=1S/C17H15ClN2O4S/c1-10-16(21)19-14-9-13(25(2,23)24)7-8-15(14)20(10)17(22)11-3-5-12(18)6-4-11/h3-10H,1-2H3,(H,19,21). The number of rotatable bonds is 2. The average molecular weight is 379 g/mol. The first-order valence-corrected chi connectivity index (χ1v) is 9.69. The summed E-state index contributed by atoms with van der Waals surface area (Å²) >= 11 is 5.85. The van der Waals surface area contributed by atoms with Gasteiger partial charge in [-0.25, -0.2) is 8.42 Å². The molecule has 1 aliphatic heterocycles. The van der Waals surface area contributed by atoms with Gasteiger partial charge in [-0.1, -0.05) is 11.6 Å². The number of anilines is 2. The number of fused-ring (bicyclic) bond motifs is 1. The van der Waals surface area contributed by atoms with Crippen molar-refractivity contribution in [1.82, 2.24) is 0 Å². The molecular formula is C17H15ClN2O4S. The molecular weight excluding hydrogens is 364 g/mol. The molecule has 1 N–H and O–H groups in total. The van der Waals surface area contributed by atoms with Gasteiger partial charge < -0.3 is 5.32 Å². The average Bonchev–Trinajstić information content (AvgIpc) is 2.55. The van der Waals surface area contributed by atoms with Crippen LogP contribution >= 0.6 is 11.6 Å². The van der Waals surface area contributed by atoms with Crippen molar-refractivity contribution in [2.75, 3.05) is 16.5 Å². The lowest BCUT2D eigenvalue weighted by Crippen LogP contribution is -2.49. The lowest BCUT2D eigenvalue weighted by molar-refractivity contribution is -0.117. The summed E-state index contributed by atoms with van der Waals surface area (Å²) in [5, 5.41) is 3.15. The molecule has 1 atom stereocenters. The Morgan fingerprint density at radius 3 is 2.40 bits per heavy atom. The summed E-state index contributed by atoms with van der Waals surface area (Å²) in [6, 6.07) is 9.91. The minimum Gasteiger partial charge on any atom is -0.322 e. The molecule has 0 aromatic heterocycles. The van der Waals surface area contributed by atoms with Gasteiger partial charge in [-0.3, -0.25) is 14.5 Å². The molecule has 2 aromatic carbocycles. The van der Waals surface area contributed by atoms with Crippen molar-refractivity contribution in [3.8, 4) is 0 Å². The van der Waals surface area contributed by atoms with Gasteiger partial charge >= 0.3 is 0 Å². The lowest BCUT2D eigenvalue weighted by Gasteiger charge is -2.34. The Hall–Kier alpha value is -2.38. The minimum atomic E-state index is -3.43. The SMILES string of the molecule is CC1C(=O)Nc2cc(S(C)(=O)=O)ccc2N1C(=O)c1ccc(Cl)cc1. The molecule has 2 amide bonds. The van der Waals surface area contributed by atoms with Crippen LogP contribution in [0.25, 0.3) is 0 Å². The zero-order chi connectivity index (χ0) is 18.4. The Labute approximate surface area is 150 Å². The van der Waals surface area contributed by atoms with Crippen LogP contribution in [0.3, 0.4) is 0 Å². The second-order valence-corrected chi connectivity index (χ2v) is 8.25. The maximum absolute atomic E-state index is 12.9. The van der Waals surface area contributed by atoms with Crippen molar-refractivity contribution >= 4 is 44.6 Å². The number of hydrogen-bond donors (Lipinski definition) is 1. The van der Waals surface area contributed by atoms with E-state index in [1.807, 2.05) is 0 Å². The Kier molecular flexibility index (Phi) is 4.30. The highest BCUT2D eigenvalue weighted by Gasteiger charge is 2.34. The second kappa shape index (κ2) is 6.16. The van der Waals surface area contributed by atoms with Gasteiger partial charge in [0.05, 0.1) is 16.3 Å². The van der Waals surface area contributed by atoms with Crippen molar-refractivity contribution in [3.05, 3.63) is 53.1 Å². The van der Waals surface area contributed by atoms with Gasteiger partial charge in [0.25, 0.3) is 5.91 Å². The summed E-state index contributed by atoms with van der Waals surface area (Å²) in [7, 11) is -3.43. The van der Waals surface area contributed by atoms with E-state index in [0.29, 0.717) is 16.3 Å². The molecule has 0 fully saturated rings. The Morgan fingerprint density at radius 1 is 1.16 bits per heavy atom. The van der Waals surface area contributed by atoms with Crippen LogP contribution in [0.4, 0.5) is 11.4 Å². The summed E-state index contributed by atoms with van der Waals surface area (Å²) in [6.45, 7) is 1.61. The molecule has 2 aromatic rings. The molecule has 1 unspecified atom stereocenters. The van der Waals surface area contributed by atoms with E-state index in [1.54, 1.807) is 31.2 Å². The number of sulfone groups is 1. The minimum absolute atomic E-state index is 0.0694. The fourth-order valence-electron chi connectivity index (χ4n) is 2.64. The first-order chi connectivity index (χ1) is 11.7. The predicted molar refractivity (Wildman–Crippen MR) is 95.9 cm³/mol. The van der Waals surface area contributed by atoms with Crippen LogP contribution in [0.5, 0.6) is 0 Å². The number of benzene rings is 2. The normalized spacial score (nSPS) is 17.0. The van der Waals surface area contributed by atoms with Gasteiger partial charge in [0, 0.05) is 16.8 Å². The highest BCUT2D eigenvalue weighted by molar-refractivity contribution is 7.90. The fraction of sp³-hybridized carbons (Fsp3) is 0.176. The molecule has 0 aliphatic carbocycles. The van der Waals surface area contributed by atoms with Crippen molar-refractivity contribution < 1.29 is 18.0 Å². The molecule has 1 heterocycles. The van der Waals surface area contributed by atoms with Gasteiger partial charge in [0.1, 0.15) is 6.04 Å². The van der Waals surface area contributed by atoms with E-state index < -0.39 is 15.9 Å². The highest BCUT2D eigenvalue weighted by Crippen LogP contribution is 2.35. The molecule has 0 bridgehead atoms. The molecule has 0 radical (unpaired) electrons. The molecule has 130 valence electrons. The van der Waals surface area contributed by atoms with Gasteiger partial charge in [-0.2, -0.15) is 0 Å². The van der Waals surface area contributed by atoms with Crippen molar-refractivity contribution in [3.63, 3.8) is 0 Å². The molecule has 8 heteroatoms. The third-order valence-electron chi connectivity index (χ3n) is 3.99. The van der Waals surface area contributed by atoms with Gasteiger partial charge in [-0.15, -0.1) is 0 Å². The van der Waals surface area contributed by atoms with Gasteiger partial charge in [0.2, 0.25) is 5.91 Å². The number of halogens is 1. The van der Waals surface area contributed by atoms with Crippen LogP contribution in [-0.2, 0) is 14.6 Å². The van der Waals surface area contributed by atoms with Crippen LogP contribution in [-0.4, -0.2) is 32.5 Å². The van der Waals surface area contributed by atoms with E-state index in [1.165, 1.54) is 23.1 Å². The maximum Gasteiger partial charge on any atom is 0.259 e. The van der Waals surface area contributed by atoms with Crippen molar-refractivity contribution in [2.24, 2.45) is 0 Å². The smallest absolute Gasteiger partial charge is 0.259 e. The molecule has 6 nitrogen and oxygen atoms in total. The summed E-state index contributed by atoms with van der Waals surface area (Å²) < 4.78 is 23.5. The third-order valence-corrected chi connectivity index (χ3v) is 5.35. The number of nitrogens with zero attached hydrogens (tertiary/aromatic N) is 1. The first-order valence-electron chi connectivity index (χ1n) is 7.42. The van der Waals surface area contributed by atoms with E-state index in [4.69, 9.17) is 11.6 Å². The summed E-state index contributed by atoms with van der Waals surface area (Å²) in [5.41, 5.74) is 1.11. The number of carbonyl (C=O) groups excluding carboxylic acids is 2. The Morgan fingerprint density at radius 2 is 1.80 bits per heavy atom. The third kappa shape index (κ3) is 3.25. The van der Waals surface area contributed by atoms with Gasteiger partial charge in [0.15, 0.2) is 9.84 Å². The van der Waals surface area contributed by atoms with Crippen LogP contribution in [0.15, 0.2) is 47.4 Å². The topological polar surface area (TPSA) is 83.6 Å². The number of nitrogens with one attached hydrogen (secondary N) is 1. The number of hydrogen-bond acceptors (Lipinski definition) is 4. The summed E-state index contributed by atoms with van der Waals surface area (Å²) in [5.74, 6) is -0.757. The largest absolute Gasteiger partial charge is 0.322 e. The van der Waals surface area contributed by atoms with Crippen LogP contribution in [0, 0.1) is 0 Å². The zero-order valence-corrected chi connectivity index (χ0v) is 15.1. The molecule has 25 heavy (non-hydrogen) atoms. The molecule has 3 rings (SSSR count). The van der Waals surface area contributed by atoms with Gasteiger partial charge in [-0.05, 0) is 49.4 Å². The quantitative estimate of drug-likeness (QED) is 0.870.